The topological polar surface area (TPSA) is 79.4 Å². The van der Waals surface area contributed by atoms with Gasteiger partial charge in [0.05, 0.1) is 19.3 Å². The van der Waals surface area contributed by atoms with Gasteiger partial charge < -0.3 is 24.2 Å². The second-order valence-electron chi connectivity index (χ2n) is 5.59. The molecule has 7 nitrogen and oxygen atoms in total. The summed E-state index contributed by atoms with van der Waals surface area (Å²) in [7, 11) is 0. The molecule has 1 aromatic carbocycles. The number of nitrogens with zero attached hydrogens (tertiary/aromatic N) is 3. The lowest BCUT2D eigenvalue weighted by molar-refractivity contribution is -0.389. The Bertz CT molecular complexity index is 758. The molecule has 0 radical (unpaired) electrons. The van der Waals surface area contributed by atoms with E-state index < -0.39 is 11.3 Å². The predicted molar refractivity (Wildman–Crippen MR) is 78.9 cm³/mol. The van der Waals surface area contributed by atoms with Gasteiger partial charge in [0.15, 0.2) is 0 Å². The summed E-state index contributed by atoms with van der Waals surface area (Å²) in [6, 6.07) is 5.45. The molecule has 0 bridgehead atoms. The van der Waals surface area contributed by atoms with Crippen molar-refractivity contribution in [2.24, 2.45) is 0 Å². The zero-order valence-electron chi connectivity index (χ0n) is 12.9. The standard InChI is InChI=1S/C15H14F3N3O4/c16-15(17,18)25-11-3-1-10(2-4-11)9-24-12-5-6-13-19-14(21(22)23)8-20(13)7-12/h1-4,8,12H,5-7,9H2/t12-/m1/s1. The van der Waals surface area contributed by atoms with Crippen molar-refractivity contribution in [1.82, 2.24) is 9.55 Å². The first-order chi connectivity index (χ1) is 11.8. The number of halogens is 3. The van der Waals surface area contributed by atoms with Crippen molar-refractivity contribution >= 4 is 5.82 Å². The third-order valence-corrected chi connectivity index (χ3v) is 3.77. The Hall–Kier alpha value is -2.62. The van der Waals surface area contributed by atoms with Crippen molar-refractivity contribution in [3.63, 3.8) is 0 Å². The summed E-state index contributed by atoms with van der Waals surface area (Å²) in [5, 5.41) is 10.7. The third kappa shape index (κ3) is 4.47. The van der Waals surface area contributed by atoms with E-state index in [0.717, 1.165) is 0 Å². The molecule has 134 valence electrons. The monoisotopic (exact) mass is 357 g/mol. The number of imidazole rings is 1. The van der Waals surface area contributed by atoms with Crippen LogP contribution in [0, 0.1) is 10.1 Å². The first kappa shape index (κ1) is 17.2. The van der Waals surface area contributed by atoms with E-state index in [1.807, 2.05) is 0 Å². The third-order valence-electron chi connectivity index (χ3n) is 3.77. The largest absolute Gasteiger partial charge is 0.573 e. The maximum atomic E-state index is 12.1. The molecule has 0 unspecified atom stereocenters. The molecule has 1 aliphatic heterocycles. The Morgan fingerprint density at radius 3 is 2.68 bits per heavy atom. The fraction of sp³-hybridized carbons (Fsp3) is 0.400. The van der Waals surface area contributed by atoms with Crippen LogP contribution >= 0.6 is 0 Å². The van der Waals surface area contributed by atoms with Crippen molar-refractivity contribution in [2.75, 3.05) is 0 Å². The van der Waals surface area contributed by atoms with Crippen molar-refractivity contribution in [1.29, 1.82) is 0 Å². The Balaban J connectivity index is 1.54. The van der Waals surface area contributed by atoms with Gasteiger partial charge >= 0.3 is 12.2 Å². The highest BCUT2D eigenvalue weighted by molar-refractivity contribution is 5.27. The summed E-state index contributed by atoms with van der Waals surface area (Å²) in [6.07, 6.45) is -2.24. The van der Waals surface area contributed by atoms with Gasteiger partial charge in [0.1, 0.15) is 11.9 Å². The number of aryl methyl sites for hydroxylation is 1. The van der Waals surface area contributed by atoms with Gasteiger partial charge in [0, 0.05) is 6.42 Å². The van der Waals surface area contributed by atoms with Crippen LogP contribution in [0.1, 0.15) is 17.8 Å². The summed E-state index contributed by atoms with van der Waals surface area (Å²) in [5.74, 6) is 0.181. The van der Waals surface area contributed by atoms with E-state index in [-0.39, 0.29) is 24.3 Å². The highest BCUT2D eigenvalue weighted by Crippen LogP contribution is 2.24. The number of benzene rings is 1. The molecule has 1 atom stereocenters. The van der Waals surface area contributed by atoms with Gasteiger partial charge in [-0.1, -0.05) is 12.1 Å². The Morgan fingerprint density at radius 1 is 1.32 bits per heavy atom. The summed E-state index contributed by atoms with van der Waals surface area (Å²) in [5.41, 5.74) is 0.705. The molecular weight excluding hydrogens is 343 g/mol. The SMILES string of the molecule is O=[N+]([O-])c1cn2c(n1)CC[C@@H](OCc1ccc(OC(F)(F)F)cc1)C2. The zero-order valence-corrected chi connectivity index (χ0v) is 12.9. The van der Waals surface area contributed by atoms with E-state index in [1.54, 1.807) is 4.57 Å². The first-order valence-corrected chi connectivity index (χ1v) is 7.47. The number of ether oxygens (including phenoxy) is 2. The van der Waals surface area contributed by atoms with Crippen molar-refractivity contribution in [3.8, 4) is 5.75 Å². The molecule has 0 fully saturated rings. The van der Waals surface area contributed by atoms with Crippen LogP contribution < -0.4 is 4.74 Å². The lowest BCUT2D eigenvalue weighted by Gasteiger charge is -2.22. The second kappa shape index (κ2) is 6.71. The maximum Gasteiger partial charge on any atom is 0.573 e. The van der Waals surface area contributed by atoms with Crippen LogP contribution in [0.3, 0.4) is 0 Å². The van der Waals surface area contributed by atoms with Gasteiger partial charge in [0.2, 0.25) is 5.82 Å². The van der Waals surface area contributed by atoms with Gasteiger partial charge in [0.25, 0.3) is 0 Å². The van der Waals surface area contributed by atoms with Crippen LogP contribution in [0.15, 0.2) is 30.5 Å². The lowest BCUT2D eigenvalue weighted by Crippen LogP contribution is -2.26. The number of fused-ring (bicyclic) bond motifs is 1. The van der Waals surface area contributed by atoms with Crippen LogP contribution in [0.25, 0.3) is 0 Å². The zero-order chi connectivity index (χ0) is 18.0. The minimum absolute atomic E-state index is 0.146. The van der Waals surface area contributed by atoms with Gasteiger partial charge in [-0.3, -0.25) is 0 Å². The van der Waals surface area contributed by atoms with Crippen LogP contribution in [0.2, 0.25) is 0 Å². The molecule has 0 saturated heterocycles. The molecule has 10 heteroatoms. The molecule has 3 rings (SSSR count). The van der Waals surface area contributed by atoms with Gasteiger partial charge in [-0.15, -0.1) is 13.2 Å². The summed E-state index contributed by atoms with van der Waals surface area (Å²) in [4.78, 5) is 14.2. The molecule has 1 aliphatic rings. The van der Waals surface area contributed by atoms with Gasteiger partial charge in [-0.05, 0) is 34.0 Å². The molecule has 0 amide bonds. The molecule has 2 aromatic rings. The number of aromatic nitrogens is 2. The number of alkyl halides is 3. The lowest BCUT2D eigenvalue weighted by atomic mass is 10.1. The van der Waals surface area contributed by atoms with Crippen LogP contribution in [-0.4, -0.2) is 26.9 Å². The average Bonchev–Trinajstić information content (AvgIpc) is 2.96. The normalized spacial score (nSPS) is 17.2. The Morgan fingerprint density at radius 2 is 2.04 bits per heavy atom. The Labute approximate surface area is 140 Å². The van der Waals surface area contributed by atoms with E-state index >= 15 is 0 Å². The molecule has 2 heterocycles. The van der Waals surface area contributed by atoms with E-state index in [9.17, 15) is 23.3 Å². The van der Waals surface area contributed by atoms with Crippen LogP contribution in [0.5, 0.6) is 5.75 Å². The molecule has 0 spiro atoms. The van der Waals surface area contributed by atoms with Crippen molar-refractivity contribution in [2.45, 2.75) is 38.5 Å². The quantitative estimate of drug-likeness (QED) is 0.606. The van der Waals surface area contributed by atoms with Gasteiger partial charge in [-0.2, -0.15) is 0 Å². The summed E-state index contributed by atoms with van der Waals surface area (Å²) in [6.45, 7) is 0.675. The number of hydrogen-bond donors (Lipinski definition) is 0. The fourth-order valence-corrected chi connectivity index (χ4v) is 2.62. The van der Waals surface area contributed by atoms with Crippen molar-refractivity contribution < 1.29 is 27.6 Å². The average molecular weight is 357 g/mol. The molecule has 0 saturated carbocycles. The highest BCUT2D eigenvalue weighted by atomic mass is 19.4. The maximum absolute atomic E-state index is 12.1. The van der Waals surface area contributed by atoms with Crippen LogP contribution in [0.4, 0.5) is 19.0 Å². The minimum Gasteiger partial charge on any atom is -0.406 e. The molecule has 25 heavy (non-hydrogen) atoms. The number of hydrogen-bond acceptors (Lipinski definition) is 5. The molecule has 0 aliphatic carbocycles. The first-order valence-electron chi connectivity index (χ1n) is 7.47. The van der Waals surface area contributed by atoms with Crippen molar-refractivity contribution in [3.05, 3.63) is 52.0 Å². The summed E-state index contributed by atoms with van der Waals surface area (Å²) < 4.78 is 47.6. The van der Waals surface area contributed by atoms with E-state index in [4.69, 9.17) is 4.74 Å². The summed E-state index contributed by atoms with van der Waals surface area (Å²) >= 11 is 0. The van der Waals surface area contributed by atoms with Gasteiger partial charge in [-0.25, -0.2) is 0 Å². The van der Waals surface area contributed by atoms with E-state index in [2.05, 4.69) is 9.72 Å². The fourth-order valence-electron chi connectivity index (χ4n) is 2.62. The molecule has 0 N–H and O–H groups in total. The number of nitro groups is 1. The molecule has 1 aromatic heterocycles. The van der Waals surface area contributed by atoms with E-state index in [1.165, 1.54) is 30.5 Å². The predicted octanol–water partition coefficient (Wildman–Crippen LogP) is 3.22. The highest BCUT2D eigenvalue weighted by Gasteiger charge is 2.31. The minimum atomic E-state index is -4.72. The number of rotatable bonds is 5. The Kier molecular flexibility index (Phi) is 4.62. The molecular formula is C15H14F3N3O4. The smallest absolute Gasteiger partial charge is 0.406 e. The van der Waals surface area contributed by atoms with Crippen LogP contribution in [-0.2, 0) is 24.3 Å². The van der Waals surface area contributed by atoms with E-state index in [0.29, 0.717) is 30.8 Å². The second-order valence-corrected chi connectivity index (χ2v) is 5.59.